The minimum Gasteiger partial charge on any atom is -0.349 e. The van der Waals surface area contributed by atoms with E-state index in [2.05, 4.69) is 17.7 Å². The van der Waals surface area contributed by atoms with Gasteiger partial charge in [0.2, 0.25) is 0 Å². The van der Waals surface area contributed by atoms with E-state index in [0.717, 1.165) is 28.7 Å². The summed E-state index contributed by atoms with van der Waals surface area (Å²) in [5.41, 5.74) is 5.12. The van der Waals surface area contributed by atoms with Crippen molar-refractivity contribution in [1.29, 1.82) is 0 Å². The fourth-order valence-electron chi connectivity index (χ4n) is 4.31. The average Bonchev–Trinajstić information content (AvgIpc) is 3.09. The van der Waals surface area contributed by atoms with Gasteiger partial charge >= 0.3 is 0 Å². The van der Waals surface area contributed by atoms with Crippen LogP contribution >= 0.6 is 0 Å². The van der Waals surface area contributed by atoms with E-state index in [0.29, 0.717) is 5.92 Å². The molecule has 1 aromatic carbocycles. The van der Waals surface area contributed by atoms with Crippen LogP contribution in [-0.4, -0.2) is 11.9 Å². The number of carbonyl (C=O) groups is 1. The SMILES string of the molecule is Cc1cc(NN)ccc1C(=O)NC(C)C1CC2CCC1C2. The van der Waals surface area contributed by atoms with Gasteiger partial charge in [0.25, 0.3) is 5.91 Å². The van der Waals surface area contributed by atoms with Crippen LogP contribution in [0.1, 0.15) is 48.5 Å². The molecular weight excluding hydrogens is 262 g/mol. The third kappa shape index (κ3) is 2.77. The largest absolute Gasteiger partial charge is 0.349 e. The normalized spacial score (nSPS) is 28.4. The zero-order valence-electron chi connectivity index (χ0n) is 12.9. The van der Waals surface area contributed by atoms with Crippen molar-refractivity contribution in [1.82, 2.24) is 5.32 Å². The van der Waals surface area contributed by atoms with Crippen LogP contribution in [0.2, 0.25) is 0 Å². The van der Waals surface area contributed by atoms with Gasteiger partial charge in [0, 0.05) is 17.3 Å². The van der Waals surface area contributed by atoms with E-state index in [-0.39, 0.29) is 11.9 Å². The van der Waals surface area contributed by atoms with E-state index in [9.17, 15) is 4.79 Å². The highest BCUT2D eigenvalue weighted by molar-refractivity contribution is 5.96. The van der Waals surface area contributed by atoms with Crippen LogP contribution < -0.4 is 16.6 Å². The summed E-state index contributed by atoms with van der Waals surface area (Å²) in [5, 5.41) is 3.21. The lowest BCUT2D eigenvalue weighted by Crippen LogP contribution is -2.40. The quantitative estimate of drug-likeness (QED) is 0.589. The van der Waals surface area contributed by atoms with Gasteiger partial charge in [0.1, 0.15) is 0 Å². The molecular formula is C17H25N3O. The van der Waals surface area contributed by atoms with Crippen molar-refractivity contribution in [3.8, 4) is 0 Å². The number of fused-ring (bicyclic) bond motifs is 2. The zero-order chi connectivity index (χ0) is 15.0. The molecule has 0 heterocycles. The molecule has 4 unspecified atom stereocenters. The lowest BCUT2D eigenvalue weighted by atomic mass is 9.84. The topological polar surface area (TPSA) is 67.1 Å². The second-order valence-corrected chi connectivity index (χ2v) is 6.77. The fraction of sp³-hybridized carbons (Fsp3) is 0.588. The third-order valence-electron chi connectivity index (χ3n) is 5.43. The summed E-state index contributed by atoms with van der Waals surface area (Å²) < 4.78 is 0. The first kappa shape index (κ1) is 14.4. The highest BCUT2D eigenvalue weighted by Crippen LogP contribution is 2.49. The summed E-state index contributed by atoms with van der Waals surface area (Å²) in [6.07, 6.45) is 5.42. The Kier molecular flexibility index (Phi) is 3.89. The number of anilines is 1. The molecule has 0 aromatic heterocycles. The maximum atomic E-state index is 12.5. The van der Waals surface area contributed by atoms with Crippen molar-refractivity contribution in [3.63, 3.8) is 0 Å². The van der Waals surface area contributed by atoms with Gasteiger partial charge in [-0.1, -0.05) is 6.42 Å². The molecule has 2 bridgehead atoms. The number of carbonyl (C=O) groups excluding carboxylic acids is 1. The first-order valence-electron chi connectivity index (χ1n) is 7.96. The van der Waals surface area contributed by atoms with Crippen LogP contribution in [0, 0.1) is 24.7 Å². The van der Waals surface area contributed by atoms with Gasteiger partial charge in [-0.05, 0) is 74.6 Å². The van der Waals surface area contributed by atoms with Crippen LogP contribution in [0.25, 0.3) is 0 Å². The molecule has 3 rings (SSSR count). The van der Waals surface area contributed by atoms with Gasteiger partial charge in [-0.2, -0.15) is 0 Å². The number of aryl methyl sites for hydroxylation is 1. The van der Waals surface area contributed by atoms with E-state index >= 15 is 0 Å². The number of nitrogens with two attached hydrogens (primary N) is 1. The average molecular weight is 287 g/mol. The maximum absolute atomic E-state index is 12.5. The lowest BCUT2D eigenvalue weighted by molar-refractivity contribution is 0.0914. The Hall–Kier alpha value is -1.55. The molecule has 1 amide bonds. The molecule has 2 saturated carbocycles. The third-order valence-corrected chi connectivity index (χ3v) is 5.43. The summed E-state index contributed by atoms with van der Waals surface area (Å²) in [4.78, 5) is 12.5. The molecule has 4 N–H and O–H groups in total. The Balaban J connectivity index is 1.66. The van der Waals surface area contributed by atoms with Crippen molar-refractivity contribution in [3.05, 3.63) is 29.3 Å². The smallest absolute Gasteiger partial charge is 0.251 e. The number of hydrazine groups is 1. The van der Waals surface area contributed by atoms with Gasteiger partial charge in [-0.3, -0.25) is 10.6 Å². The molecule has 0 spiro atoms. The fourth-order valence-corrected chi connectivity index (χ4v) is 4.31. The molecule has 114 valence electrons. The number of amides is 1. The van der Waals surface area contributed by atoms with Crippen LogP contribution in [0.3, 0.4) is 0 Å². The number of nitrogens with one attached hydrogen (secondary N) is 2. The molecule has 4 atom stereocenters. The Morgan fingerprint density at radius 2 is 2.14 bits per heavy atom. The predicted molar refractivity (Wildman–Crippen MR) is 84.9 cm³/mol. The Labute approximate surface area is 126 Å². The minimum absolute atomic E-state index is 0.0337. The van der Waals surface area contributed by atoms with Crippen molar-refractivity contribution in [2.24, 2.45) is 23.6 Å². The number of nitrogen functional groups attached to an aromatic ring is 1. The monoisotopic (exact) mass is 287 g/mol. The van der Waals surface area contributed by atoms with E-state index < -0.39 is 0 Å². The van der Waals surface area contributed by atoms with Crippen LogP contribution in [0.15, 0.2) is 18.2 Å². The van der Waals surface area contributed by atoms with E-state index in [1.165, 1.54) is 25.7 Å². The molecule has 2 fully saturated rings. The maximum Gasteiger partial charge on any atom is 0.251 e. The first-order valence-corrected chi connectivity index (χ1v) is 7.96. The van der Waals surface area contributed by atoms with Gasteiger partial charge in [-0.25, -0.2) is 0 Å². The van der Waals surface area contributed by atoms with E-state index in [1.54, 1.807) is 0 Å². The van der Waals surface area contributed by atoms with Crippen molar-refractivity contribution in [2.75, 3.05) is 5.43 Å². The van der Waals surface area contributed by atoms with Gasteiger partial charge < -0.3 is 10.7 Å². The summed E-state index contributed by atoms with van der Waals surface area (Å²) in [7, 11) is 0. The molecule has 2 aliphatic rings. The number of hydrogen-bond acceptors (Lipinski definition) is 3. The van der Waals surface area contributed by atoms with E-state index in [4.69, 9.17) is 5.84 Å². The minimum atomic E-state index is 0.0337. The van der Waals surface area contributed by atoms with Crippen molar-refractivity contribution in [2.45, 2.75) is 45.6 Å². The standard InChI is InChI=1S/C17H25N3O/c1-10-7-14(20-18)5-6-15(10)17(21)19-11(2)16-9-12-3-4-13(16)8-12/h5-7,11-13,16,20H,3-4,8-9,18H2,1-2H3,(H,19,21). The molecule has 0 aliphatic heterocycles. The van der Waals surface area contributed by atoms with Crippen molar-refractivity contribution >= 4 is 11.6 Å². The Bertz CT molecular complexity index is 543. The van der Waals surface area contributed by atoms with Gasteiger partial charge in [0.05, 0.1) is 0 Å². The zero-order valence-corrected chi connectivity index (χ0v) is 12.9. The summed E-state index contributed by atoms with van der Waals surface area (Å²) in [6.45, 7) is 4.10. The summed E-state index contributed by atoms with van der Waals surface area (Å²) >= 11 is 0. The lowest BCUT2D eigenvalue weighted by Gasteiger charge is -2.28. The van der Waals surface area contributed by atoms with Crippen LogP contribution in [0.5, 0.6) is 0 Å². The Morgan fingerprint density at radius 1 is 1.33 bits per heavy atom. The number of benzene rings is 1. The molecule has 4 nitrogen and oxygen atoms in total. The molecule has 1 aromatic rings. The summed E-state index contributed by atoms with van der Waals surface area (Å²) in [5.74, 6) is 7.83. The Morgan fingerprint density at radius 3 is 2.71 bits per heavy atom. The van der Waals surface area contributed by atoms with Gasteiger partial charge in [0.15, 0.2) is 0 Å². The first-order chi connectivity index (χ1) is 10.1. The second-order valence-electron chi connectivity index (χ2n) is 6.77. The summed E-state index contributed by atoms with van der Waals surface area (Å²) in [6, 6.07) is 5.84. The molecule has 0 radical (unpaired) electrons. The van der Waals surface area contributed by atoms with Gasteiger partial charge in [-0.15, -0.1) is 0 Å². The van der Waals surface area contributed by atoms with Crippen LogP contribution in [0.4, 0.5) is 5.69 Å². The molecule has 21 heavy (non-hydrogen) atoms. The molecule has 4 heteroatoms. The van der Waals surface area contributed by atoms with Crippen LogP contribution in [-0.2, 0) is 0 Å². The van der Waals surface area contributed by atoms with E-state index in [1.807, 2.05) is 25.1 Å². The number of rotatable bonds is 4. The van der Waals surface area contributed by atoms with Crippen molar-refractivity contribution < 1.29 is 4.79 Å². The highest BCUT2D eigenvalue weighted by Gasteiger charge is 2.42. The molecule has 0 saturated heterocycles. The molecule has 2 aliphatic carbocycles. The number of hydrogen-bond donors (Lipinski definition) is 3. The highest BCUT2D eigenvalue weighted by atomic mass is 16.1. The second kappa shape index (κ2) is 5.68. The predicted octanol–water partition coefficient (Wildman–Crippen LogP) is 2.84.